The Balaban J connectivity index is 2.07. The maximum atomic E-state index is 13.3. The molecule has 2 atom stereocenters. The third-order valence-corrected chi connectivity index (χ3v) is 3.55. The Morgan fingerprint density at radius 1 is 1.28 bits per heavy atom. The SMILES string of the molecule is CC(N)C(OC1CCCCC1)c1cccc(F)c1. The molecule has 1 fully saturated rings. The van der Waals surface area contributed by atoms with Gasteiger partial charge in [-0.2, -0.15) is 0 Å². The van der Waals surface area contributed by atoms with Crippen molar-refractivity contribution in [3.05, 3.63) is 35.6 Å². The number of rotatable bonds is 4. The fourth-order valence-corrected chi connectivity index (χ4v) is 2.60. The van der Waals surface area contributed by atoms with Gasteiger partial charge >= 0.3 is 0 Å². The van der Waals surface area contributed by atoms with E-state index in [1.807, 2.05) is 13.0 Å². The minimum absolute atomic E-state index is 0.131. The smallest absolute Gasteiger partial charge is 0.123 e. The van der Waals surface area contributed by atoms with Gasteiger partial charge in [0.1, 0.15) is 5.82 Å². The first-order chi connectivity index (χ1) is 8.66. The molecule has 2 N–H and O–H groups in total. The average Bonchev–Trinajstić information content (AvgIpc) is 2.37. The number of hydrogen-bond donors (Lipinski definition) is 1. The van der Waals surface area contributed by atoms with Crippen LogP contribution >= 0.6 is 0 Å². The average molecular weight is 251 g/mol. The van der Waals surface area contributed by atoms with Crippen molar-refractivity contribution >= 4 is 0 Å². The van der Waals surface area contributed by atoms with Crippen molar-refractivity contribution in [2.45, 2.75) is 57.3 Å². The van der Waals surface area contributed by atoms with Gasteiger partial charge in [0.15, 0.2) is 0 Å². The fourth-order valence-electron chi connectivity index (χ4n) is 2.60. The van der Waals surface area contributed by atoms with E-state index in [1.54, 1.807) is 6.07 Å². The van der Waals surface area contributed by atoms with E-state index in [4.69, 9.17) is 10.5 Å². The lowest BCUT2D eigenvalue weighted by atomic mass is 9.96. The van der Waals surface area contributed by atoms with Crippen LogP contribution in [0.25, 0.3) is 0 Å². The Kier molecular flexibility index (Phi) is 4.72. The zero-order valence-corrected chi connectivity index (χ0v) is 10.9. The molecule has 1 aromatic carbocycles. The Morgan fingerprint density at radius 3 is 2.61 bits per heavy atom. The molecule has 0 bridgehead atoms. The Labute approximate surface area is 108 Å². The molecular weight excluding hydrogens is 229 g/mol. The lowest BCUT2D eigenvalue weighted by Gasteiger charge is -2.30. The van der Waals surface area contributed by atoms with Crippen molar-refractivity contribution in [2.75, 3.05) is 0 Å². The van der Waals surface area contributed by atoms with E-state index in [2.05, 4.69) is 0 Å². The van der Waals surface area contributed by atoms with E-state index in [-0.39, 0.29) is 24.1 Å². The molecule has 0 amide bonds. The third-order valence-electron chi connectivity index (χ3n) is 3.55. The Hall–Kier alpha value is -0.930. The molecule has 18 heavy (non-hydrogen) atoms. The van der Waals surface area contributed by atoms with Gasteiger partial charge in [-0.1, -0.05) is 31.4 Å². The van der Waals surface area contributed by atoms with Gasteiger partial charge in [-0.3, -0.25) is 0 Å². The van der Waals surface area contributed by atoms with Crippen molar-refractivity contribution in [2.24, 2.45) is 5.73 Å². The van der Waals surface area contributed by atoms with Crippen molar-refractivity contribution in [3.63, 3.8) is 0 Å². The van der Waals surface area contributed by atoms with Crippen LogP contribution in [0.5, 0.6) is 0 Å². The van der Waals surface area contributed by atoms with Gasteiger partial charge in [0.2, 0.25) is 0 Å². The number of ether oxygens (including phenoxy) is 1. The summed E-state index contributed by atoms with van der Waals surface area (Å²) < 4.78 is 19.4. The van der Waals surface area contributed by atoms with E-state index in [9.17, 15) is 4.39 Å². The zero-order valence-electron chi connectivity index (χ0n) is 10.9. The highest BCUT2D eigenvalue weighted by molar-refractivity contribution is 5.20. The lowest BCUT2D eigenvalue weighted by molar-refractivity contribution is -0.0407. The molecule has 2 rings (SSSR count). The second-order valence-electron chi connectivity index (χ2n) is 5.23. The highest BCUT2D eigenvalue weighted by Gasteiger charge is 2.23. The second-order valence-corrected chi connectivity index (χ2v) is 5.23. The molecule has 100 valence electrons. The van der Waals surface area contributed by atoms with Crippen LogP contribution in [0.15, 0.2) is 24.3 Å². The Morgan fingerprint density at radius 2 is 2.00 bits per heavy atom. The van der Waals surface area contributed by atoms with Gasteiger partial charge < -0.3 is 10.5 Å². The van der Waals surface area contributed by atoms with Crippen molar-refractivity contribution in [1.29, 1.82) is 0 Å². The number of halogens is 1. The highest BCUT2D eigenvalue weighted by Crippen LogP contribution is 2.28. The number of benzene rings is 1. The quantitative estimate of drug-likeness (QED) is 0.888. The zero-order chi connectivity index (χ0) is 13.0. The molecule has 0 saturated heterocycles. The molecule has 2 nitrogen and oxygen atoms in total. The highest BCUT2D eigenvalue weighted by atomic mass is 19.1. The lowest BCUT2D eigenvalue weighted by Crippen LogP contribution is -2.31. The van der Waals surface area contributed by atoms with Crippen molar-refractivity contribution < 1.29 is 9.13 Å². The van der Waals surface area contributed by atoms with Crippen LogP contribution in [-0.4, -0.2) is 12.1 Å². The first-order valence-corrected chi connectivity index (χ1v) is 6.83. The molecule has 1 aliphatic carbocycles. The molecule has 1 aromatic rings. The molecule has 2 unspecified atom stereocenters. The standard InChI is InChI=1S/C15H22FNO/c1-11(17)15(12-6-5-7-13(16)10-12)18-14-8-3-2-4-9-14/h5-7,10-11,14-15H,2-4,8-9,17H2,1H3. The van der Waals surface area contributed by atoms with E-state index in [1.165, 1.54) is 31.4 Å². The van der Waals surface area contributed by atoms with Gasteiger partial charge in [-0.25, -0.2) is 4.39 Å². The van der Waals surface area contributed by atoms with Crippen LogP contribution in [0.1, 0.15) is 50.7 Å². The fraction of sp³-hybridized carbons (Fsp3) is 0.600. The molecule has 0 spiro atoms. The van der Waals surface area contributed by atoms with Gasteiger partial charge in [0, 0.05) is 6.04 Å². The van der Waals surface area contributed by atoms with Crippen molar-refractivity contribution in [3.8, 4) is 0 Å². The summed E-state index contributed by atoms with van der Waals surface area (Å²) in [5.74, 6) is -0.231. The largest absolute Gasteiger partial charge is 0.369 e. The minimum Gasteiger partial charge on any atom is -0.369 e. The summed E-state index contributed by atoms with van der Waals surface area (Å²) in [5, 5.41) is 0. The van der Waals surface area contributed by atoms with E-state index < -0.39 is 0 Å². The first kappa shape index (κ1) is 13.5. The van der Waals surface area contributed by atoms with E-state index >= 15 is 0 Å². The summed E-state index contributed by atoms with van der Waals surface area (Å²) in [5.41, 5.74) is 6.83. The van der Waals surface area contributed by atoms with Crippen LogP contribution in [0.2, 0.25) is 0 Å². The topological polar surface area (TPSA) is 35.2 Å². The summed E-state index contributed by atoms with van der Waals surface area (Å²) in [6, 6.07) is 6.44. The number of hydrogen-bond acceptors (Lipinski definition) is 2. The summed E-state index contributed by atoms with van der Waals surface area (Å²) in [6.07, 6.45) is 6.00. The molecule has 0 aliphatic heterocycles. The Bertz CT molecular complexity index is 375. The van der Waals surface area contributed by atoms with Gasteiger partial charge in [-0.05, 0) is 37.5 Å². The van der Waals surface area contributed by atoms with E-state index in [0.717, 1.165) is 18.4 Å². The normalized spacial score (nSPS) is 20.6. The minimum atomic E-state index is -0.231. The van der Waals surface area contributed by atoms with Crippen LogP contribution in [0.4, 0.5) is 4.39 Å². The van der Waals surface area contributed by atoms with Crippen LogP contribution in [0, 0.1) is 5.82 Å². The third kappa shape index (κ3) is 3.53. The predicted octanol–water partition coefficient (Wildman–Crippen LogP) is 3.56. The van der Waals surface area contributed by atoms with Gasteiger partial charge in [0.05, 0.1) is 12.2 Å². The maximum absolute atomic E-state index is 13.3. The van der Waals surface area contributed by atoms with Crippen LogP contribution in [0.3, 0.4) is 0 Å². The van der Waals surface area contributed by atoms with Crippen molar-refractivity contribution in [1.82, 2.24) is 0 Å². The molecule has 0 aromatic heterocycles. The molecule has 1 saturated carbocycles. The first-order valence-electron chi connectivity index (χ1n) is 6.83. The predicted molar refractivity (Wildman–Crippen MR) is 70.7 cm³/mol. The summed E-state index contributed by atoms with van der Waals surface area (Å²) in [7, 11) is 0. The summed E-state index contributed by atoms with van der Waals surface area (Å²) in [4.78, 5) is 0. The molecule has 0 heterocycles. The van der Waals surface area contributed by atoms with Crippen LogP contribution < -0.4 is 5.73 Å². The van der Waals surface area contributed by atoms with Gasteiger partial charge in [0.25, 0.3) is 0 Å². The number of nitrogens with two attached hydrogens (primary N) is 1. The maximum Gasteiger partial charge on any atom is 0.123 e. The van der Waals surface area contributed by atoms with Gasteiger partial charge in [-0.15, -0.1) is 0 Å². The van der Waals surface area contributed by atoms with Crippen LogP contribution in [-0.2, 0) is 4.74 Å². The summed E-state index contributed by atoms with van der Waals surface area (Å²) in [6.45, 7) is 1.92. The van der Waals surface area contributed by atoms with E-state index in [0.29, 0.717) is 0 Å². The summed E-state index contributed by atoms with van der Waals surface area (Å²) >= 11 is 0. The molecular formula is C15H22FNO. The molecule has 1 aliphatic rings. The monoisotopic (exact) mass is 251 g/mol. The molecule has 3 heteroatoms. The molecule has 0 radical (unpaired) electrons. The second kappa shape index (κ2) is 6.30.